The monoisotopic (exact) mass is 392 g/mol. The molecule has 9 heteroatoms. The molecule has 0 aliphatic rings. The van der Waals surface area contributed by atoms with Crippen LogP contribution in [0.4, 0.5) is 18.9 Å². The predicted octanol–water partition coefficient (Wildman–Crippen LogP) is 3.53. The van der Waals surface area contributed by atoms with Crippen molar-refractivity contribution in [2.24, 2.45) is 0 Å². The average Bonchev–Trinajstić information content (AvgIpc) is 2.67. The highest BCUT2D eigenvalue weighted by Crippen LogP contribution is 2.21. The Hall–Kier alpha value is -3.54. The molecule has 0 unspecified atom stereocenters. The van der Waals surface area contributed by atoms with Crippen molar-refractivity contribution in [3.8, 4) is 11.8 Å². The van der Waals surface area contributed by atoms with Crippen molar-refractivity contribution in [3.63, 3.8) is 0 Å². The number of anilines is 1. The first-order valence-corrected chi connectivity index (χ1v) is 8.06. The first kappa shape index (κ1) is 20.8. The lowest BCUT2D eigenvalue weighted by Crippen LogP contribution is -2.35. The Morgan fingerprint density at radius 3 is 2.43 bits per heavy atom. The van der Waals surface area contributed by atoms with Crippen LogP contribution in [0, 0.1) is 17.1 Å². The zero-order valence-corrected chi connectivity index (χ0v) is 14.5. The highest BCUT2D eigenvalue weighted by atomic mass is 19.3. The van der Waals surface area contributed by atoms with Gasteiger partial charge in [-0.25, -0.2) is 9.18 Å². The number of rotatable bonds is 8. The van der Waals surface area contributed by atoms with Gasteiger partial charge in [0, 0.05) is 12.2 Å². The number of alkyl halides is 2. The van der Waals surface area contributed by atoms with Crippen molar-refractivity contribution < 1.29 is 32.2 Å². The number of hydrogen-bond acceptors (Lipinski definition) is 5. The van der Waals surface area contributed by atoms with Crippen molar-refractivity contribution in [3.05, 3.63) is 59.9 Å². The number of esters is 1. The standard InChI is InChI=1S/C19H15F3N2O4/c20-13-6-8-14(9-7-13)24(11-3-10-23)17(25)12-27-18(26)15-4-1-2-5-16(15)28-19(21)22/h1-2,4-9,19H,3,11-12H2. The highest BCUT2D eigenvalue weighted by molar-refractivity contribution is 5.98. The van der Waals surface area contributed by atoms with Crippen LogP contribution in [0.2, 0.25) is 0 Å². The number of para-hydroxylation sites is 1. The molecule has 1 amide bonds. The minimum absolute atomic E-state index is 0.00211. The van der Waals surface area contributed by atoms with E-state index in [0.717, 1.165) is 17.0 Å². The van der Waals surface area contributed by atoms with Gasteiger partial charge in [0.15, 0.2) is 6.61 Å². The second kappa shape index (κ2) is 9.97. The fourth-order valence-corrected chi connectivity index (χ4v) is 2.30. The average molecular weight is 392 g/mol. The van der Waals surface area contributed by atoms with Crippen LogP contribution in [-0.4, -0.2) is 31.6 Å². The molecule has 2 aromatic carbocycles. The number of carbonyl (C=O) groups is 2. The van der Waals surface area contributed by atoms with E-state index in [-0.39, 0.29) is 24.3 Å². The second-order valence-electron chi connectivity index (χ2n) is 5.38. The maximum Gasteiger partial charge on any atom is 0.387 e. The molecule has 0 saturated heterocycles. The summed E-state index contributed by atoms with van der Waals surface area (Å²) in [6.07, 6.45) is 0.00211. The maximum atomic E-state index is 13.1. The Kier molecular flexibility index (Phi) is 7.39. The third-order valence-electron chi connectivity index (χ3n) is 3.54. The molecule has 0 fully saturated rings. The van der Waals surface area contributed by atoms with Gasteiger partial charge in [-0.1, -0.05) is 12.1 Å². The Morgan fingerprint density at radius 1 is 1.11 bits per heavy atom. The van der Waals surface area contributed by atoms with Crippen LogP contribution in [0.5, 0.6) is 5.75 Å². The maximum absolute atomic E-state index is 13.1. The number of nitrogens with zero attached hydrogens (tertiary/aromatic N) is 2. The molecule has 0 aromatic heterocycles. The number of carbonyl (C=O) groups excluding carboxylic acids is 2. The molecule has 0 spiro atoms. The summed E-state index contributed by atoms with van der Waals surface area (Å²) in [5, 5.41) is 8.75. The van der Waals surface area contributed by atoms with Crippen molar-refractivity contribution in [2.75, 3.05) is 18.1 Å². The lowest BCUT2D eigenvalue weighted by Gasteiger charge is -2.21. The van der Waals surface area contributed by atoms with Gasteiger partial charge >= 0.3 is 12.6 Å². The number of benzene rings is 2. The molecule has 0 bridgehead atoms. The van der Waals surface area contributed by atoms with E-state index >= 15 is 0 Å². The molecular formula is C19H15F3N2O4. The number of amides is 1. The summed E-state index contributed by atoms with van der Waals surface area (Å²) in [5.41, 5.74) is 0.0556. The topological polar surface area (TPSA) is 79.6 Å². The molecule has 0 atom stereocenters. The van der Waals surface area contributed by atoms with E-state index in [1.807, 2.05) is 6.07 Å². The molecule has 0 aliphatic heterocycles. The number of ether oxygens (including phenoxy) is 2. The molecule has 6 nitrogen and oxygen atoms in total. The molecule has 0 radical (unpaired) electrons. The summed E-state index contributed by atoms with van der Waals surface area (Å²) in [4.78, 5) is 25.7. The lowest BCUT2D eigenvalue weighted by atomic mass is 10.2. The van der Waals surface area contributed by atoms with Gasteiger partial charge in [0.05, 0.1) is 12.5 Å². The van der Waals surface area contributed by atoms with Gasteiger partial charge in [0.1, 0.15) is 17.1 Å². The van der Waals surface area contributed by atoms with Gasteiger partial charge in [0.25, 0.3) is 5.91 Å². The number of halogens is 3. The third kappa shape index (κ3) is 5.74. The molecule has 0 N–H and O–H groups in total. The lowest BCUT2D eigenvalue weighted by molar-refractivity contribution is -0.121. The van der Waals surface area contributed by atoms with Crippen molar-refractivity contribution in [2.45, 2.75) is 13.0 Å². The Labute approximate surface area is 158 Å². The quantitative estimate of drug-likeness (QED) is 0.642. The Balaban J connectivity index is 2.09. The third-order valence-corrected chi connectivity index (χ3v) is 3.54. The zero-order valence-electron chi connectivity index (χ0n) is 14.5. The summed E-state index contributed by atoms with van der Waals surface area (Å²) in [6.45, 7) is -3.83. The second-order valence-corrected chi connectivity index (χ2v) is 5.38. The molecule has 0 saturated carbocycles. The fourth-order valence-electron chi connectivity index (χ4n) is 2.30. The number of nitriles is 1. The number of hydrogen-bond donors (Lipinski definition) is 0. The van der Waals surface area contributed by atoms with Gasteiger partial charge in [-0.3, -0.25) is 4.79 Å². The highest BCUT2D eigenvalue weighted by Gasteiger charge is 2.21. The zero-order chi connectivity index (χ0) is 20.5. The molecule has 0 aliphatic carbocycles. The summed E-state index contributed by atoms with van der Waals surface area (Å²) in [6, 6.07) is 12.1. The molecule has 28 heavy (non-hydrogen) atoms. The van der Waals surface area contributed by atoms with Crippen LogP contribution in [0.25, 0.3) is 0 Å². The van der Waals surface area contributed by atoms with Crippen LogP contribution in [0.1, 0.15) is 16.8 Å². The van der Waals surface area contributed by atoms with E-state index in [9.17, 15) is 22.8 Å². The van der Waals surface area contributed by atoms with Gasteiger partial charge < -0.3 is 14.4 Å². The molecule has 146 valence electrons. The summed E-state index contributed by atoms with van der Waals surface area (Å²) < 4.78 is 47.1. The molecule has 2 aromatic rings. The first-order chi connectivity index (χ1) is 13.4. The summed E-state index contributed by atoms with van der Waals surface area (Å²) in [5.74, 6) is -2.57. The normalized spacial score (nSPS) is 10.2. The van der Waals surface area contributed by atoms with Crippen LogP contribution in [0.3, 0.4) is 0 Å². The van der Waals surface area contributed by atoms with Crippen molar-refractivity contribution in [1.82, 2.24) is 0 Å². The van der Waals surface area contributed by atoms with Crippen LogP contribution in [-0.2, 0) is 9.53 Å². The Morgan fingerprint density at radius 2 is 1.79 bits per heavy atom. The summed E-state index contributed by atoms with van der Waals surface area (Å²) >= 11 is 0. The van der Waals surface area contributed by atoms with Crippen LogP contribution >= 0.6 is 0 Å². The first-order valence-electron chi connectivity index (χ1n) is 8.06. The van der Waals surface area contributed by atoms with Gasteiger partial charge in [-0.2, -0.15) is 14.0 Å². The van der Waals surface area contributed by atoms with Gasteiger partial charge in [-0.15, -0.1) is 0 Å². The minimum atomic E-state index is -3.13. The van der Waals surface area contributed by atoms with E-state index in [1.165, 1.54) is 36.4 Å². The van der Waals surface area contributed by atoms with E-state index in [2.05, 4.69) is 4.74 Å². The fraction of sp³-hybridized carbons (Fsp3) is 0.211. The molecular weight excluding hydrogens is 377 g/mol. The smallest absolute Gasteiger partial charge is 0.387 e. The summed E-state index contributed by atoms with van der Waals surface area (Å²) in [7, 11) is 0. The van der Waals surface area contributed by atoms with E-state index in [1.54, 1.807) is 0 Å². The van der Waals surface area contributed by atoms with Crippen LogP contribution < -0.4 is 9.64 Å². The van der Waals surface area contributed by atoms with Gasteiger partial charge in [0.2, 0.25) is 0 Å². The SMILES string of the molecule is N#CCCN(C(=O)COC(=O)c1ccccc1OC(F)F)c1ccc(F)cc1. The minimum Gasteiger partial charge on any atom is -0.452 e. The molecule has 0 heterocycles. The van der Waals surface area contributed by atoms with E-state index < -0.39 is 30.9 Å². The predicted molar refractivity (Wildman–Crippen MR) is 92.3 cm³/mol. The van der Waals surface area contributed by atoms with E-state index in [0.29, 0.717) is 5.69 Å². The van der Waals surface area contributed by atoms with Gasteiger partial charge in [-0.05, 0) is 36.4 Å². The Bertz CT molecular complexity index is 866. The van der Waals surface area contributed by atoms with Crippen molar-refractivity contribution >= 4 is 17.6 Å². The van der Waals surface area contributed by atoms with Crippen molar-refractivity contribution in [1.29, 1.82) is 5.26 Å². The molecule has 2 rings (SSSR count). The van der Waals surface area contributed by atoms with Crippen LogP contribution in [0.15, 0.2) is 48.5 Å². The van der Waals surface area contributed by atoms with E-state index in [4.69, 9.17) is 10.00 Å². The largest absolute Gasteiger partial charge is 0.452 e.